The largest absolute Gasteiger partial charge is 0.381 e. The van der Waals surface area contributed by atoms with Crippen LogP contribution in [0.1, 0.15) is 60.1 Å². The van der Waals surface area contributed by atoms with Crippen molar-refractivity contribution in [2.75, 3.05) is 26.3 Å². The Kier molecular flexibility index (Phi) is 7.22. The van der Waals surface area contributed by atoms with Crippen molar-refractivity contribution in [2.45, 2.75) is 38.6 Å². The van der Waals surface area contributed by atoms with Gasteiger partial charge in [-0.3, -0.25) is 9.59 Å². The number of carbonyl (C=O) groups excluding carboxylic acids is 2. The minimum absolute atomic E-state index is 0.0204. The molecule has 0 bridgehead atoms. The van der Waals surface area contributed by atoms with Gasteiger partial charge in [-0.05, 0) is 30.5 Å². The fourth-order valence-corrected chi connectivity index (χ4v) is 4.32. The van der Waals surface area contributed by atoms with Gasteiger partial charge in [-0.2, -0.15) is 0 Å². The Bertz CT molecular complexity index is 1070. The van der Waals surface area contributed by atoms with Gasteiger partial charge in [0.15, 0.2) is 0 Å². The molecule has 1 aromatic heterocycles. The second kappa shape index (κ2) is 10.5. The highest BCUT2D eigenvalue weighted by Crippen LogP contribution is 2.41. The smallest absolute Gasteiger partial charge is 0.255 e. The summed E-state index contributed by atoms with van der Waals surface area (Å²) >= 11 is 0. The number of carbonyl (C=O) groups is 2. The lowest BCUT2D eigenvalue weighted by atomic mass is 9.97. The highest BCUT2D eigenvalue weighted by atomic mass is 16.5. The van der Waals surface area contributed by atoms with Crippen LogP contribution in [-0.2, 0) is 9.53 Å². The zero-order valence-electron chi connectivity index (χ0n) is 18.6. The average molecular weight is 434 g/mol. The fourth-order valence-electron chi connectivity index (χ4n) is 4.32. The third kappa shape index (κ3) is 4.70. The standard InChI is InChI=1S/C26H31N3O3/c1-2-3-16-32-17-8-14-27-24(30)13-15-29-25(20-10-4-5-11-21(20)26(29)31)22-18-28-23-12-7-6-9-19(22)23/h4-7,9-12,18,25,28H,2-3,8,13-17H2,1H3,(H,27,30)/t25-/m0/s1. The molecule has 0 radical (unpaired) electrons. The van der Waals surface area contributed by atoms with E-state index in [0.717, 1.165) is 47.9 Å². The van der Waals surface area contributed by atoms with Gasteiger partial charge >= 0.3 is 0 Å². The molecule has 2 amide bonds. The number of para-hydroxylation sites is 1. The van der Waals surface area contributed by atoms with E-state index in [1.807, 2.05) is 53.6 Å². The van der Waals surface area contributed by atoms with Crippen molar-refractivity contribution < 1.29 is 14.3 Å². The van der Waals surface area contributed by atoms with Crippen LogP contribution in [0.3, 0.4) is 0 Å². The van der Waals surface area contributed by atoms with E-state index in [-0.39, 0.29) is 24.3 Å². The van der Waals surface area contributed by atoms with Crippen molar-refractivity contribution in [3.8, 4) is 0 Å². The number of benzene rings is 2. The van der Waals surface area contributed by atoms with E-state index < -0.39 is 0 Å². The van der Waals surface area contributed by atoms with Crippen molar-refractivity contribution in [2.24, 2.45) is 0 Å². The van der Waals surface area contributed by atoms with Crippen molar-refractivity contribution >= 4 is 22.7 Å². The molecule has 3 aromatic rings. The molecular formula is C26H31N3O3. The van der Waals surface area contributed by atoms with Gasteiger partial charge in [0.05, 0.1) is 6.04 Å². The molecule has 6 heteroatoms. The second-order valence-electron chi connectivity index (χ2n) is 8.20. The quantitative estimate of drug-likeness (QED) is 0.440. The van der Waals surface area contributed by atoms with Crippen LogP contribution >= 0.6 is 0 Å². The molecule has 2 aromatic carbocycles. The second-order valence-corrected chi connectivity index (χ2v) is 8.20. The number of unbranched alkanes of at least 4 members (excludes halogenated alkanes) is 1. The summed E-state index contributed by atoms with van der Waals surface area (Å²) < 4.78 is 5.53. The Morgan fingerprint density at radius 1 is 1.06 bits per heavy atom. The lowest BCUT2D eigenvalue weighted by Gasteiger charge is -2.25. The maximum absolute atomic E-state index is 13.2. The lowest BCUT2D eigenvalue weighted by molar-refractivity contribution is -0.121. The van der Waals surface area contributed by atoms with E-state index in [2.05, 4.69) is 23.3 Å². The van der Waals surface area contributed by atoms with E-state index >= 15 is 0 Å². The predicted octanol–water partition coefficient (Wildman–Crippen LogP) is 4.43. The van der Waals surface area contributed by atoms with E-state index in [0.29, 0.717) is 25.3 Å². The van der Waals surface area contributed by atoms with Crippen LogP contribution in [0.5, 0.6) is 0 Å². The van der Waals surface area contributed by atoms with Gasteiger partial charge in [0.1, 0.15) is 0 Å². The number of amides is 2. The van der Waals surface area contributed by atoms with Crippen molar-refractivity contribution in [1.29, 1.82) is 0 Å². The van der Waals surface area contributed by atoms with Gasteiger partial charge in [-0.15, -0.1) is 0 Å². The fraction of sp³-hybridized carbons (Fsp3) is 0.385. The predicted molar refractivity (Wildman–Crippen MR) is 126 cm³/mol. The van der Waals surface area contributed by atoms with E-state index in [1.165, 1.54) is 0 Å². The number of nitrogens with zero attached hydrogens (tertiary/aromatic N) is 1. The molecule has 1 aliphatic rings. The molecule has 6 nitrogen and oxygen atoms in total. The Hall–Kier alpha value is -3.12. The van der Waals surface area contributed by atoms with Crippen LogP contribution in [0.4, 0.5) is 0 Å². The molecule has 2 N–H and O–H groups in total. The molecule has 1 atom stereocenters. The third-order valence-electron chi connectivity index (χ3n) is 5.98. The van der Waals surface area contributed by atoms with Gasteiger partial charge in [0.2, 0.25) is 5.91 Å². The molecule has 0 spiro atoms. The minimum Gasteiger partial charge on any atom is -0.381 e. The first-order valence-electron chi connectivity index (χ1n) is 11.5. The maximum atomic E-state index is 13.2. The number of ether oxygens (including phenoxy) is 1. The number of aromatic nitrogens is 1. The SMILES string of the molecule is CCCCOCCCNC(=O)CCN1C(=O)c2ccccc2[C@H]1c1c[nH]c2ccccc12. The summed E-state index contributed by atoms with van der Waals surface area (Å²) in [5, 5.41) is 4.05. The maximum Gasteiger partial charge on any atom is 0.255 e. The summed E-state index contributed by atoms with van der Waals surface area (Å²) in [5.74, 6) is -0.0620. The first kappa shape index (κ1) is 22.1. The topological polar surface area (TPSA) is 74.4 Å². The molecule has 0 aliphatic carbocycles. The van der Waals surface area contributed by atoms with E-state index in [1.54, 1.807) is 0 Å². The number of hydrogen-bond acceptors (Lipinski definition) is 3. The van der Waals surface area contributed by atoms with Gasteiger partial charge in [-0.1, -0.05) is 49.7 Å². The van der Waals surface area contributed by atoms with E-state index in [9.17, 15) is 9.59 Å². The molecular weight excluding hydrogens is 402 g/mol. The molecule has 0 saturated carbocycles. The minimum atomic E-state index is -0.199. The number of H-pyrrole nitrogens is 1. The highest BCUT2D eigenvalue weighted by molar-refractivity contribution is 6.01. The van der Waals surface area contributed by atoms with Crippen LogP contribution < -0.4 is 5.32 Å². The Labute approximate surface area is 188 Å². The molecule has 0 unspecified atom stereocenters. The molecule has 4 rings (SSSR count). The van der Waals surface area contributed by atoms with Gasteiger partial charge < -0.3 is 19.9 Å². The van der Waals surface area contributed by atoms with Crippen LogP contribution in [0.2, 0.25) is 0 Å². The number of hydrogen-bond donors (Lipinski definition) is 2. The average Bonchev–Trinajstić information content (AvgIpc) is 3.36. The van der Waals surface area contributed by atoms with Gasteiger partial charge in [-0.25, -0.2) is 0 Å². The number of rotatable bonds is 11. The Morgan fingerprint density at radius 3 is 2.72 bits per heavy atom. The normalized spacial score (nSPS) is 15.3. The first-order chi connectivity index (χ1) is 15.7. The van der Waals surface area contributed by atoms with Crippen LogP contribution in [0.25, 0.3) is 10.9 Å². The summed E-state index contributed by atoms with van der Waals surface area (Å²) in [6.07, 6.45) is 5.23. The van der Waals surface area contributed by atoms with Crippen LogP contribution in [-0.4, -0.2) is 48.0 Å². The highest BCUT2D eigenvalue weighted by Gasteiger charge is 2.38. The molecule has 1 aliphatic heterocycles. The van der Waals surface area contributed by atoms with Crippen LogP contribution in [0.15, 0.2) is 54.7 Å². The molecule has 0 saturated heterocycles. The zero-order valence-corrected chi connectivity index (χ0v) is 18.6. The number of aromatic amines is 1. The number of nitrogens with one attached hydrogen (secondary N) is 2. The Morgan fingerprint density at radius 2 is 1.84 bits per heavy atom. The number of fused-ring (bicyclic) bond motifs is 2. The van der Waals surface area contributed by atoms with Crippen molar-refractivity contribution in [3.63, 3.8) is 0 Å². The monoisotopic (exact) mass is 433 g/mol. The molecule has 0 fully saturated rings. The summed E-state index contributed by atoms with van der Waals surface area (Å²) in [4.78, 5) is 30.8. The Balaban J connectivity index is 1.41. The van der Waals surface area contributed by atoms with Crippen LogP contribution in [0, 0.1) is 0 Å². The van der Waals surface area contributed by atoms with Crippen molar-refractivity contribution in [1.82, 2.24) is 15.2 Å². The van der Waals surface area contributed by atoms with Crippen molar-refractivity contribution in [3.05, 3.63) is 71.4 Å². The van der Waals surface area contributed by atoms with Gasteiger partial charge in [0, 0.05) is 61.0 Å². The summed E-state index contributed by atoms with van der Waals surface area (Å²) in [6.45, 7) is 4.53. The summed E-state index contributed by atoms with van der Waals surface area (Å²) in [7, 11) is 0. The third-order valence-corrected chi connectivity index (χ3v) is 5.98. The zero-order chi connectivity index (χ0) is 22.3. The lowest BCUT2D eigenvalue weighted by Crippen LogP contribution is -2.34. The summed E-state index contributed by atoms with van der Waals surface area (Å²) in [6, 6.07) is 15.6. The first-order valence-corrected chi connectivity index (χ1v) is 11.5. The van der Waals surface area contributed by atoms with E-state index in [4.69, 9.17) is 4.74 Å². The molecule has 2 heterocycles. The summed E-state index contributed by atoms with van der Waals surface area (Å²) in [5.41, 5.74) is 3.81. The molecule has 32 heavy (non-hydrogen) atoms. The molecule has 168 valence electrons. The van der Waals surface area contributed by atoms with Gasteiger partial charge in [0.25, 0.3) is 5.91 Å².